The van der Waals surface area contributed by atoms with Crippen molar-refractivity contribution in [1.29, 1.82) is 0 Å². The lowest BCUT2D eigenvalue weighted by atomic mass is 9.81. The van der Waals surface area contributed by atoms with Gasteiger partial charge in [-0.3, -0.25) is 14.4 Å². The fourth-order valence-electron chi connectivity index (χ4n) is 3.92. The Balaban J connectivity index is 1.34. The number of carbonyl (C=O) groups excluding carboxylic acids is 3. The van der Waals surface area contributed by atoms with Crippen molar-refractivity contribution in [2.75, 3.05) is 18.0 Å². The second-order valence-electron chi connectivity index (χ2n) is 7.58. The Morgan fingerprint density at radius 3 is 2.44 bits per heavy atom. The second-order valence-corrected chi connectivity index (χ2v) is 7.58. The molecule has 1 heterocycles. The Bertz CT molecular complexity index is 785. The molecule has 6 nitrogen and oxygen atoms in total. The largest absolute Gasteiger partial charge is 0.353 e. The molecule has 1 aliphatic heterocycles. The van der Waals surface area contributed by atoms with Crippen molar-refractivity contribution in [3.8, 4) is 0 Å². The quantitative estimate of drug-likeness (QED) is 0.775. The Labute approximate surface area is 159 Å². The highest BCUT2D eigenvalue weighted by atomic mass is 16.2. The van der Waals surface area contributed by atoms with Gasteiger partial charge in [0.25, 0.3) is 0 Å². The highest BCUT2D eigenvalue weighted by Gasteiger charge is 2.36. The highest BCUT2D eigenvalue weighted by Crippen LogP contribution is 2.29. The van der Waals surface area contributed by atoms with Crippen LogP contribution in [0.4, 0.5) is 5.69 Å². The third-order valence-electron chi connectivity index (χ3n) is 5.63. The van der Waals surface area contributed by atoms with E-state index < -0.39 is 5.92 Å². The molecular formula is C21H25N3O3. The summed E-state index contributed by atoms with van der Waals surface area (Å²) in [7, 11) is 0. The maximum atomic E-state index is 12.7. The number of anilines is 1. The zero-order chi connectivity index (χ0) is 18.8. The van der Waals surface area contributed by atoms with E-state index in [2.05, 4.69) is 10.6 Å². The first-order valence-corrected chi connectivity index (χ1v) is 9.75. The van der Waals surface area contributed by atoms with Crippen LogP contribution >= 0.6 is 0 Å². The van der Waals surface area contributed by atoms with Gasteiger partial charge in [-0.05, 0) is 43.7 Å². The molecule has 0 radical (unpaired) electrons. The van der Waals surface area contributed by atoms with E-state index in [0.717, 1.165) is 30.5 Å². The molecule has 1 saturated carbocycles. The minimum Gasteiger partial charge on any atom is -0.353 e. The summed E-state index contributed by atoms with van der Waals surface area (Å²) in [6.45, 7) is 0.608. The molecule has 0 spiro atoms. The number of amides is 3. The minimum absolute atomic E-state index is 0.0374. The molecule has 1 fully saturated rings. The van der Waals surface area contributed by atoms with E-state index in [1.807, 2.05) is 36.4 Å². The van der Waals surface area contributed by atoms with Gasteiger partial charge < -0.3 is 15.5 Å². The van der Waals surface area contributed by atoms with Crippen LogP contribution in [0.1, 0.15) is 31.2 Å². The van der Waals surface area contributed by atoms with E-state index in [9.17, 15) is 14.4 Å². The van der Waals surface area contributed by atoms with Crippen molar-refractivity contribution in [3.63, 3.8) is 0 Å². The summed E-state index contributed by atoms with van der Waals surface area (Å²) < 4.78 is 0. The van der Waals surface area contributed by atoms with Crippen LogP contribution in [0.15, 0.2) is 36.4 Å². The first kappa shape index (κ1) is 17.8. The minimum atomic E-state index is -0.410. The number of nitrogens with one attached hydrogen (secondary N) is 2. The molecule has 0 bridgehead atoms. The van der Waals surface area contributed by atoms with Gasteiger partial charge in [0.2, 0.25) is 17.7 Å². The molecule has 27 heavy (non-hydrogen) atoms. The molecule has 2 atom stereocenters. The molecule has 3 aliphatic rings. The normalized spacial score (nSPS) is 23.6. The third-order valence-corrected chi connectivity index (χ3v) is 5.63. The number of hydrogen-bond donors (Lipinski definition) is 2. The summed E-state index contributed by atoms with van der Waals surface area (Å²) in [5.41, 5.74) is 2.09. The average molecular weight is 367 g/mol. The predicted molar refractivity (Wildman–Crippen MR) is 102 cm³/mol. The number of carbonyl (C=O) groups is 3. The number of para-hydroxylation sites is 1. The third kappa shape index (κ3) is 3.89. The predicted octanol–water partition coefficient (Wildman–Crippen LogP) is 1.55. The number of nitrogens with zero attached hydrogens (tertiary/aromatic N) is 1. The molecule has 142 valence electrons. The lowest BCUT2D eigenvalue weighted by Gasteiger charge is -2.27. The summed E-state index contributed by atoms with van der Waals surface area (Å²) in [5, 5.41) is 5.77. The molecular weight excluding hydrogens is 342 g/mol. The molecule has 0 unspecified atom stereocenters. The number of allylic oxidation sites excluding steroid dienone is 2. The van der Waals surface area contributed by atoms with Crippen LogP contribution in [-0.2, 0) is 20.8 Å². The van der Waals surface area contributed by atoms with Crippen LogP contribution in [0.25, 0.3) is 0 Å². The van der Waals surface area contributed by atoms with Crippen LogP contribution < -0.4 is 15.5 Å². The Morgan fingerprint density at radius 2 is 1.70 bits per heavy atom. The van der Waals surface area contributed by atoms with E-state index in [4.69, 9.17) is 0 Å². The first-order valence-electron chi connectivity index (χ1n) is 9.75. The van der Waals surface area contributed by atoms with Gasteiger partial charge in [-0.25, -0.2) is 0 Å². The second kappa shape index (κ2) is 7.55. The van der Waals surface area contributed by atoms with Crippen molar-refractivity contribution in [2.24, 2.45) is 11.8 Å². The summed E-state index contributed by atoms with van der Waals surface area (Å²) in [5.74, 6) is -1.12. The van der Waals surface area contributed by atoms with E-state index >= 15 is 0 Å². The van der Waals surface area contributed by atoms with Gasteiger partial charge in [0.1, 0.15) is 0 Å². The summed E-state index contributed by atoms with van der Waals surface area (Å²) in [4.78, 5) is 39.4. The Hall–Kier alpha value is -2.63. The molecule has 6 heteroatoms. The van der Waals surface area contributed by atoms with Crippen LogP contribution in [0.2, 0.25) is 0 Å². The standard InChI is InChI=1S/C21H25N3O3/c25-19(24-12-11-14-5-1-4-8-18(14)24)13-22-20(26)16-6-2-3-7-17(16)21(27)23-15-9-10-15/h1-5,8,15-17H,6-7,9-13H2,(H,22,26)(H,23,27)/t16-,17-/m1/s1. The smallest absolute Gasteiger partial charge is 0.246 e. The van der Waals surface area contributed by atoms with Gasteiger partial charge in [0.15, 0.2) is 0 Å². The van der Waals surface area contributed by atoms with Gasteiger partial charge in [-0.2, -0.15) is 0 Å². The van der Waals surface area contributed by atoms with Crippen LogP contribution in [0, 0.1) is 11.8 Å². The van der Waals surface area contributed by atoms with E-state index in [-0.39, 0.29) is 36.2 Å². The number of hydrogen-bond acceptors (Lipinski definition) is 3. The fourth-order valence-corrected chi connectivity index (χ4v) is 3.92. The lowest BCUT2D eigenvalue weighted by Crippen LogP contribution is -2.46. The maximum absolute atomic E-state index is 12.7. The Morgan fingerprint density at radius 1 is 1.00 bits per heavy atom. The molecule has 2 aliphatic carbocycles. The topological polar surface area (TPSA) is 78.5 Å². The fraction of sp³-hybridized carbons (Fsp3) is 0.476. The zero-order valence-electron chi connectivity index (χ0n) is 15.3. The van der Waals surface area contributed by atoms with Gasteiger partial charge in [0, 0.05) is 18.3 Å². The van der Waals surface area contributed by atoms with Gasteiger partial charge in [0.05, 0.1) is 18.4 Å². The zero-order valence-corrected chi connectivity index (χ0v) is 15.3. The van der Waals surface area contributed by atoms with Crippen LogP contribution in [0.5, 0.6) is 0 Å². The molecule has 3 amide bonds. The van der Waals surface area contributed by atoms with Gasteiger partial charge in [-0.1, -0.05) is 30.4 Å². The van der Waals surface area contributed by atoms with Gasteiger partial charge >= 0.3 is 0 Å². The average Bonchev–Trinajstić information content (AvgIpc) is 3.40. The first-order chi connectivity index (χ1) is 13.1. The molecule has 2 N–H and O–H groups in total. The molecule has 4 rings (SSSR count). The van der Waals surface area contributed by atoms with Crippen LogP contribution in [-0.4, -0.2) is 36.9 Å². The van der Waals surface area contributed by atoms with E-state index in [1.54, 1.807) is 4.90 Å². The van der Waals surface area contributed by atoms with Gasteiger partial charge in [-0.15, -0.1) is 0 Å². The van der Waals surface area contributed by atoms with Crippen molar-refractivity contribution >= 4 is 23.4 Å². The summed E-state index contributed by atoms with van der Waals surface area (Å²) >= 11 is 0. The molecule has 0 aromatic heterocycles. The van der Waals surface area contributed by atoms with Crippen LogP contribution in [0.3, 0.4) is 0 Å². The monoisotopic (exact) mass is 367 g/mol. The van der Waals surface area contributed by atoms with E-state index in [1.165, 1.54) is 0 Å². The molecule has 1 aromatic carbocycles. The van der Waals surface area contributed by atoms with Crippen molar-refractivity contribution in [1.82, 2.24) is 10.6 Å². The summed E-state index contributed by atoms with van der Waals surface area (Å²) in [6, 6.07) is 8.13. The Kier molecular flexibility index (Phi) is 4.97. The maximum Gasteiger partial charge on any atom is 0.246 e. The SMILES string of the molecule is O=C(NCC(=O)N1CCc2ccccc21)[C@@H]1CC=CC[C@H]1C(=O)NC1CC1. The lowest BCUT2D eigenvalue weighted by molar-refractivity contribution is -0.135. The van der Waals surface area contributed by atoms with Crippen molar-refractivity contribution in [3.05, 3.63) is 42.0 Å². The van der Waals surface area contributed by atoms with Crippen molar-refractivity contribution < 1.29 is 14.4 Å². The number of rotatable bonds is 5. The molecule has 0 saturated heterocycles. The number of benzene rings is 1. The molecule has 1 aromatic rings. The van der Waals surface area contributed by atoms with E-state index in [0.29, 0.717) is 19.4 Å². The summed E-state index contributed by atoms with van der Waals surface area (Å²) in [6.07, 6.45) is 7.91. The van der Waals surface area contributed by atoms with Crippen molar-refractivity contribution in [2.45, 2.75) is 38.1 Å². The number of fused-ring (bicyclic) bond motifs is 1. The highest BCUT2D eigenvalue weighted by molar-refractivity contribution is 5.99.